The summed E-state index contributed by atoms with van der Waals surface area (Å²) in [7, 11) is 0. The summed E-state index contributed by atoms with van der Waals surface area (Å²) in [6.45, 7) is 1.54. The van der Waals surface area contributed by atoms with Crippen molar-refractivity contribution in [2.45, 2.75) is 13.5 Å². The third-order valence-electron chi connectivity index (χ3n) is 2.65. The fourth-order valence-corrected chi connectivity index (χ4v) is 2.13. The molecular weight excluding hydrogens is 346 g/mol. The lowest BCUT2D eigenvalue weighted by Gasteiger charge is -2.10. The highest BCUT2D eigenvalue weighted by Gasteiger charge is 2.11. The molecule has 0 aliphatic heterocycles. The van der Waals surface area contributed by atoms with Gasteiger partial charge in [-0.05, 0) is 35.0 Å². The van der Waals surface area contributed by atoms with Gasteiger partial charge < -0.3 is 5.32 Å². The Morgan fingerprint density at radius 1 is 1.45 bits per heavy atom. The van der Waals surface area contributed by atoms with Crippen LogP contribution in [0.1, 0.15) is 5.82 Å². The Balaban J connectivity index is 2.19. The Bertz CT molecular complexity index is 715. The Kier molecular flexibility index (Phi) is 4.57. The van der Waals surface area contributed by atoms with Crippen LogP contribution in [0.15, 0.2) is 39.7 Å². The smallest absolute Gasteiger partial charge is 0.268 e. The SMILES string of the molecule is Cc1ncc(Br)c(=O)n1CC(=O)Nc1ccccc1Cl. The molecule has 5 nitrogen and oxygen atoms in total. The zero-order valence-corrected chi connectivity index (χ0v) is 12.9. The van der Waals surface area contributed by atoms with Crippen LogP contribution in [-0.2, 0) is 11.3 Å². The molecule has 1 amide bonds. The van der Waals surface area contributed by atoms with Gasteiger partial charge in [-0.3, -0.25) is 14.2 Å². The van der Waals surface area contributed by atoms with Crippen molar-refractivity contribution in [2.75, 3.05) is 5.32 Å². The molecule has 7 heteroatoms. The van der Waals surface area contributed by atoms with Crippen molar-refractivity contribution in [1.82, 2.24) is 9.55 Å². The van der Waals surface area contributed by atoms with Crippen LogP contribution in [0.3, 0.4) is 0 Å². The van der Waals surface area contributed by atoms with E-state index in [2.05, 4.69) is 26.2 Å². The van der Waals surface area contributed by atoms with Crippen molar-refractivity contribution >= 4 is 39.1 Å². The van der Waals surface area contributed by atoms with Gasteiger partial charge >= 0.3 is 0 Å². The molecule has 2 aromatic rings. The molecule has 0 fully saturated rings. The molecule has 1 heterocycles. The average Bonchev–Trinajstić information content (AvgIpc) is 2.42. The highest BCUT2D eigenvalue weighted by molar-refractivity contribution is 9.10. The molecule has 0 saturated carbocycles. The molecule has 0 radical (unpaired) electrons. The first kappa shape index (κ1) is 14.7. The van der Waals surface area contributed by atoms with Gasteiger partial charge in [-0.1, -0.05) is 23.7 Å². The number of para-hydroxylation sites is 1. The summed E-state index contributed by atoms with van der Waals surface area (Å²) >= 11 is 9.06. The molecule has 0 atom stereocenters. The number of rotatable bonds is 3. The van der Waals surface area contributed by atoms with Gasteiger partial charge in [-0.2, -0.15) is 0 Å². The van der Waals surface area contributed by atoms with Gasteiger partial charge in [-0.15, -0.1) is 0 Å². The lowest BCUT2D eigenvalue weighted by atomic mass is 10.3. The maximum atomic E-state index is 12.0. The van der Waals surface area contributed by atoms with E-state index in [1.54, 1.807) is 31.2 Å². The monoisotopic (exact) mass is 355 g/mol. The molecule has 104 valence electrons. The minimum Gasteiger partial charge on any atom is -0.323 e. The van der Waals surface area contributed by atoms with Crippen LogP contribution in [0.25, 0.3) is 0 Å². The number of aryl methyl sites for hydroxylation is 1. The third-order valence-corrected chi connectivity index (χ3v) is 3.53. The summed E-state index contributed by atoms with van der Waals surface area (Å²) in [5.74, 6) is 0.121. The average molecular weight is 357 g/mol. The Hall–Kier alpha value is -1.66. The van der Waals surface area contributed by atoms with Crippen LogP contribution in [0.4, 0.5) is 5.69 Å². The molecule has 0 bridgehead atoms. The van der Waals surface area contributed by atoms with Crippen molar-refractivity contribution in [3.05, 3.63) is 56.1 Å². The number of halogens is 2. The van der Waals surface area contributed by atoms with Gasteiger partial charge in [0.25, 0.3) is 5.56 Å². The van der Waals surface area contributed by atoms with Crippen LogP contribution >= 0.6 is 27.5 Å². The maximum absolute atomic E-state index is 12.0. The van der Waals surface area contributed by atoms with Gasteiger partial charge in [-0.25, -0.2) is 4.98 Å². The van der Waals surface area contributed by atoms with E-state index in [1.165, 1.54) is 10.8 Å². The summed E-state index contributed by atoms with van der Waals surface area (Å²) in [4.78, 5) is 27.9. The Labute approximate surface area is 128 Å². The second kappa shape index (κ2) is 6.19. The lowest BCUT2D eigenvalue weighted by molar-refractivity contribution is -0.116. The van der Waals surface area contributed by atoms with E-state index in [9.17, 15) is 9.59 Å². The molecule has 0 aliphatic rings. The van der Waals surface area contributed by atoms with Crippen LogP contribution in [-0.4, -0.2) is 15.5 Å². The van der Waals surface area contributed by atoms with E-state index in [4.69, 9.17) is 11.6 Å². The third kappa shape index (κ3) is 3.26. The number of nitrogens with zero attached hydrogens (tertiary/aromatic N) is 2. The van der Waals surface area contributed by atoms with Crippen LogP contribution < -0.4 is 10.9 Å². The van der Waals surface area contributed by atoms with Gasteiger partial charge in [0, 0.05) is 6.20 Å². The standard InChI is InChI=1S/C13H11BrClN3O2/c1-8-16-6-9(14)13(20)18(8)7-12(19)17-11-5-3-2-4-10(11)15/h2-6H,7H2,1H3,(H,17,19). The zero-order chi connectivity index (χ0) is 14.7. The minimum absolute atomic E-state index is 0.123. The lowest BCUT2D eigenvalue weighted by Crippen LogP contribution is -2.30. The number of anilines is 1. The Morgan fingerprint density at radius 3 is 2.85 bits per heavy atom. The molecule has 0 aliphatic carbocycles. The van der Waals surface area contributed by atoms with E-state index in [0.29, 0.717) is 21.0 Å². The number of hydrogen-bond donors (Lipinski definition) is 1. The van der Waals surface area contributed by atoms with E-state index < -0.39 is 0 Å². The normalized spacial score (nSPS) is 10.3. The van der Waals surface area contributed by atoms with Crippen molar-refractivity contribution in [2.24, 2.45) is 0 Å². The van der Waals surface area contributed by atoms with Gasteiger partial charge in [0.15, 0.2) is 0 Å². The van der Waals surface area contributed by atoms with E-state index in [-0.39, 0.29) is 18.0 Å². The zero-order valence-electron chi connectivity index (χ0n) is 10.6. The van der Waals surface area contributed by atoms with E-state index >= 15 is 0 Å². The number of carbonyl (C=O) groups excluding carboxylic acids is 1. The molecule has 0 unspecified atom stereocenters. The first-order chi connectivity index (χ1) is 9.49. The van der Waals surface area contributed by atoms with Crippen molar-refractivity contribution in [1.29, 1.82) is 0 Å². The van der Waals surface area contributed by atoms with Crippen molar-refractivity contribution < 1.29 is 4.79 Å². The predicted molar refractivity (Wildman–Crippen MR) is 81.0 cm³/mol. The van der Waals surface area contributed by atoms with Crippen LogP contribution in [0, 0.1) is 6.92 Å². The summed E-state index contributed by atoms with van der Waals surface area (Å²) in [6.07, 6.45) is 1.42. The number of hydrogen-bond acceptors (Lipinski definition) is 3. The number of amides is 1. The number of benzene rings is 1. The van der Waals surface area contributed by atoms with Crippen LogP contribution in [0.5, 0.6) is 0 Å². The number of nitrogens with one attached hydrogen (secondary N) is 1. The van der Waals surface area contributed by atoms with Crippen LogP contribution in [0.2, 0.25) is 5.02 Å². The summed E-state index contributed by atoms with van der Waals surface area (Å²) in [5, 5.41) is 3.10. The minimum atomic E-state index is -0.344. The molecule has 2 rings (SSSR count). The van der Waals surface area contributed by atoms with Crippen molar-refractivity contribution in [3.8, 4) is 0 Å². The second-order valence-electron chi connectivity index (χ2n) is 4.07. The number of carbonyl (C=O) groups is 1. The van der Waals surface area contributed by atoms with Crippen molar-refractivity contribution in [3.63, 3.8) is 0 Å². The summed E-state index contributed by atoms with van der Waals surface area (Å²) in [5.41, 5.74) is 0.208. The molecule has 0 spiro atoms. The highest BCUT2D eigenvalue weighted by Crippen LogP contribution is 2.20. The molecule has 1 N–H and O–H groups in total. The second-order valence-corrected chi connectivity index (χ2v) is 5.33. The molecule has 1 aromatic carbocycles. The molecule has 20 heavy (non-hydrogen) atoms. The fourth-order valence-electron chi connectivity index (χ4n) is 1.63. The van der Waals surface area contributed by atoms with E-state index in [1.807, 2.05) is 0 Å². The van der Waals surface area contributed by atoms with Gasteiger partial charge in [0.05, 0.1) is 10.7 Å². The fraction of sp³-hybridized carbons (Fsp3) is 0.154. The quantitative estimate of drug-likeness (QED) is 0.919. The predicted octanol–water partition coefficient (Wildman–Crippen LogP) is 2.61. The summed E-state index contributed by atoms with van der Waals surface area (Å²) in [6, 6.07) is 6.90. The first-order valence-electron chi connectivity index (χ1n) is 5.75. The highest BCUT2D eigenvalue weighted by atomic mass is 79.9. The van der Waals surface area contributed by atoms with Gasteiger partial charge in [0.1, 0.15) is 16.8 Å². The number of aromatic nitrogens is 2. The summed E-state index contributed by atoms with van der Waals surface area (Å²) < 4.78 is 1.60. The molecular formula is C13H11BrClN3O2. The Morgan fingerprint density at radius 2 is 2.15 bits per heavy atom. The van der Waals surface area contributed by atoms with Gasteiger partial charge in [0.2, 0.25) is 5.91 Å². The van der Waals surface area contributed by atoms with E-state index in [0.717, 1.165) is 0 Å². The largest absolute Gasteiger partial charge is 0.323 e. The molecule has 1 aromatic heterocycles. The molecule has 0 saturated heterocycles. The first-order valence-corrected chi connectivity index (χ1v) is 6.92. The topological polar surface area (TPSA) is 64.0 Å². The maximum Gasteiger partial charge on any atom is 0.268 e.